The fraction of sp³-hybridized carbons (Fsp3) is 0.900. The first-order valence-electron chi connectivity index (χ1n) is 10.3. The van der Waals surface area contributed by atoms with Gasteiger partial charge in [-0.2, -0.15) is 8.42 Å². The van der Waals surface area contributed by atoms with E-state index in [1.54, 1.807) is 0 Å². The van der Waals surface area contributed by atoms with E-state index in [1.165, 1.54) is 0 Å². The molecule has 0 aliphatic carbocycles. The van der Waals surface area contributed by atoms with Crippen molar-refractivity contribution in [2.24, 2.45) is 17.3 Å². The molecule has 0 aromatic heterocycles. The minimum atomic E-state index is -5.06. The minimum absolute atomic E-state index is 0.0820. The summed E-state index contributed by atoms with van der Waals surface area (Å²) in [6.07, 6.45) is 5.71. The van der Waals surface area contributed by atoms with Gasteiger partial charge in [-0.1, -0.05) is 79.1 Å². The lowest BCUT2D eigenvalue weighted by molar-refractivity contribution is -0.156. The Kier molecular flexibility index (Phi) is 11.9. The van der Waals surface area contributed by atoms with Crippen molar-refractivity contribution in [2.75, 3.05) is 0 Å². The highest BCUT2D eigenvalue weighted by Crippen LogP contribution is 2.39. The Labute approximate surface area is 169 Å². The normalized spacial score (nSPS) is 13.8. The Bertz CT molecular complexity index is 563. The monoisotopic (exact) mass is 422 g/mol. The van der Waals surface area contributed by atoms with E-state index in [-0.39, 0.29) is 12.8 Å². The Morgan fingerprint density at radius 1 is 0.786 bits per heavy atom. The highest BCUT2D eigenvalue weighted by molar-refractivity contribution is 7.87. The van der Waals surface area contributed by atoms with Crippen molar-refractivity contribution in [2.45, 2.75) is 97.2 Å². The van der Waals surface area contributed by atoms with Gasteiger partial charge in [0.2, 0.25) is 0 Å². The lowest BCUT2D eigenvalue weighted by atomic mass is 9.74. The molecule has 28 heavy (non-hydrogen) atoms. The molecule has 1 atom stereocenters. The second-order valence-corrected chi connectivity index (χ2v) is 10.2. The summed E-state index contributed by atoms with van der Waals surface area (Å²) in [5, 5.41) is 16.9. The van der Waals surface area contributed by atoms with Crippen LogP contribution in [0.2, 0.25) is 0 Å². The largest absolute Gasteiger partial charge is 0.481 e. The van der Waals surface area contributed by atoms with E-state index in [4.69, 9.17) is 0 Å². The summed E-state index contributed by atoms with van der Waals surface area (Å²) in [6.45, 7) is 8.32. The molecule has 0 spiro atoms. The van der Waals surface area contributed by atoms with Gasteiger partial charge in [0.25, 0.3) is 10.1 Å². The first kappa shape index (κ1) is 26.9. The second kappa shape index (κ2) is 12.4. The molecule has 0 aromatic carbocycles. The molecule has 0 aromatic rings. The average molecular weight is 423 g/mol. The van der Waals surface area contributed by atoms with Gasteiger partial charge >= 0.3 is 11.9 Å². The van der Waals surface area contributed by atoms with Gasteiger partial charge in [0.1, 0.15) is 0 Å². The number of hydrogen-bond acceptors (Lipinski definition) is 4. The van der Waals surface area contributed by atoms with E-state index in [0.29, 0.717) is 37.5 Å². The second-order valence-electron chi connectivity index (χ2n) is 8.68. The molecule has 0 aliphatic heterocycles. The van der Waals surface area contributed by atoms with Gasteiger partial charge in [-0.25, -0.2) is 0 Å². The van der Waals surface area contributed by atoms with E-state index >= 15 is 0 Å². The van der Waals surface area contributed by atoms with Crippen molar-refractivity contribution >= 4 is 22.1 Å². The number of carboxylic acid groups (broad SMARTS) is 2. The van der Waals surface area contributed by atoms with Crippen molar-refractivity contribution in [3.63, 3.8) is 0 Å². The van der Waals surface area contributed by atoms with Crippen LogP contribution in [0.1, 0.15) is 91.9 Å². The zero-order chi connectivity index (χ0) is 22.0. The summed E-state index contributed by atoms with van der Waals surface area (Å²) in [7, 11) is -5.06. The number of carbonyl (C=O) groups is 2. The molecule has 0 aliphatic rings. The molecule has 8 heteroatoms. The van der Waals surface area contributed by atoms with Crippen molar-refractivity contribution < 1.29 is 32.8 Å². The van der Waals surface area contributed by atoms with Crippen LogP contribution in [0, 0.1) is 17.3 Å². The average Bonchev–Trinajstić information content (AvgIpc) is 2.51. The maximum absolute atomic E-state index is 12.1. The molecule has 0 rings (SSSR count). The quantitative estimate of drug-likeness (QED) is 0.245. The van der Waals surface area contributed by atoms with Crippen molar-refractivity contribution in [3.8, 4) is 0 Å². The first-order valence-corrected chi connectivity index (χ1v) is 11.8. The minimum Gasteiger partial charge on any atom is -0.481 e. The van der Waals surface area contributed by atoms with Crippen LogP contribution in [0.4, 0.5) is 0 Å². The molecule has 0 heterocycles. The first-order chi connectivity index (χ1) is 12.8. The summed E-state index contributed by atoms with van der Waals surface area (Å²) in [6, 6.07) is 0. The van der Waals surface area contributed by atoms with Crippen LogP contribution in [0.3, 0.4) is 0 Å². The van der Waals surface area contributed by atoms with Crippen LogP contribution in [-0.2, 0) is 19.7 Å². The van der Waals surface area contributed by atoms with Gasteiger partial charge in [-0.3, -0.25) is 14.1 Å². The maximum atomic E-state index is 12.1. The maximum Gasteiger partial charge on any atom is 0.325 e. The summed E-state index contributed by atoms with van der Waals surface area (Å²) < 4.78 is 33.1. The van der Waals surface area contributed by atoms with Crippen LogP contribution in [0.15, 0.2) is 0 Å². The number of hydrogen-bond donors (Lipinski definition) is 3. The Balaban J connectivity index is 5.42. The molecule has 0 saturated carbocycles. The molecule has 166 valence electrons. The van der Waals surface area contributed by atoms with Gasteiger partial charge in [0, 0.05) is 0 Å². The van der Waals surface area contributed by atoms with Gasteiger partial charge in [-0.15, -0.1) is 0 Å². The predicted molar refractivity (Wildman–Crippen MR) is 109 cm³/mol. The summed E-state index contributed by atoms with van der Waals surface area (Å²) in [5.74, 6) is -2.26. The summed E-state index contributed by atoms with van der Waals surface area (Å²) in [5.41, 5.74) is -2.02. The standard InChI is InChI=1S/C20H38O7S/c1-15(2)11-7-5-9-13-20(19(23)24,14-10-6-8-12-16(3)4)17(18(21)22)28(25,26)27/h15-17H,5-14H2,1-4H3,(H,21,22)(H,23,24)(H,25,26,27). The fourth-order valence-electron chi connectivity index (χ4n) is 3.70. The predicted octanol–water partition coefficient (Wildman–Crippen LogP) is 4.61. The van der Waals surface area contributed by atoms with Gasteiger partial charge < -0.3 is 10.2 Å². The van der Waals surface area contributed by atoms with Crippen LogP contribution < -0.4 is 0 Å². The zero-order valence-electron chi connectivity index (χ0n) is 17.7. The molecular formula is C20H38O7S. The van der Waals surface area contributed by atoms with E-state index in [0.717, 1.165) is 25.7 Å². The fourth-order valence-corrected chi connectivity index (χ4v) is 4.86. The topological polar surface area (TPSA) is 129 Å². The molecule has 1 unspecified atom stereocenters. The molecule has 7 nitrogen and oxygen atoms in total. The lowest BCUT2D eigenvalue weighted by Gasteiger charge is -2.33. The third-order valence-electron chi connectivity index (χ3n) is 5.26. The smallest absolute Gasteiger partial charge is 0.325 e. The Hall–Kier alpha value is -1.15. The lowest BCUT2D eigenvalue weighted by Crippen LogP contribution is -2.51. The Morgan fingerprint density at radius 3 is 1.43 bits per heavy atom. The van der Waals surface area contributed by atoms with Crippen molar-refractivity contribution in [1.82, 2.24) is 0 Å². The summed E-state index contributed by atoms with van der Waals surface area (Å²) >= 11 is 0. The zero-order valence-corrected chi connectivity index (χ0v) is 18.5. The third-order valence-corrected chi connectivity index (χ3v) is 6.51. The number of aliphatic carboxylic acids is 2. The van der Waals surface area contributed by atoms with Crippen LogP contribution >= 0.6 is 0 Å². The van der Waals surface area contributed by atoms with E-state index < -0.39 is 32.7 Å². The van der Waals surface area contributed by atoms with Crippen LogP contribution in [0.5, 0.6) is 0 Å². The van der Waals surface area contributed by atoms with E-state index in [9.17, 15) is 32.8 Å². The van der Waals surface area contributed by atoms with Crippen molar-refractivity contribution in [1.29, 1.82) is 0 Å². The molecule has 0 radical (unpaired) electrons. The SMILES string of the molecule is CC(C)CCCCCC(CCCCCC(C)C)(C(=O)O)C(C(=O)O)S(=O)(=O)O. The molecule has 0 amide bonds. The van der Waals surface area contributed by atoms with Gasteiger partial charge in [0.05, 0.1) is 5.41 Å². The number of rotatable bonds is 16. The molecule has 0 fully saturated rings. The van der Waals surface area contributed by atoms with Crippen LogP contribution in [-0.4, -0.2) is 40.4 Å². The molecule has 0 bridgehead atoms. The highest BCUT2D eigenvalue weighted by atomic mass is 32.2. The van der Waals surface area contributed by atoms with E-state index in [2.05, 4.69) is 27.7 Å². The molecule has 3 N–H and O–H groups in total. The van der Waals surface area contributed by atoms with Crippen LogP contribution in [0.25, 0.3) is 0 Å². The van der Waals surface area contributed by atoms with Crippen molar-refractivity contribution in [3.05, 3.63) is 0 Å². The summed E-state index contributed by atoms with van der Waals surface area (Å²) in [4.78, 5) is 23.8. The molecular weight excluding hydrogens is 384 g/mol. The third kappa shape index (κ3) is 9.37. The van der Waals surface area contributed by atoms with E-state index in [1.807, 2.05) is 0 Å². The highest BCUT2D eigenvalue weighted by Gasteiger charge is 2.55. The number of carboxylic acids is 2. The van der Waals surface area contributed by atoms with Gasteiger partial charge in [0.15, 0.2) is 5.25 Å². The number of unbranched alkanes of at least 4 members (excludes halogenated alkanes) is 4. The van der Waals surface area contributed by atoms with Gasteiger partial charge in [-0.05, 0) is 24.7 Å². The Morgan fingerprint density at radius 2 is 1.18 bits per heavy atom. The molecule has 0 saturated heterocycles.